The topological polar surface area (TPSA) is 77.8 Å². The molecule has 4 heteroatoms. The lowest BCUT2D eigenvalue weighted by Gasteiger charge is -1.99. The van der Waals surface area contributed by atoms with Gasteiger partial charge in [-0.15, -0.1) is 0 Å². The number of carboxylic acid groups (broad SMARTS) is 1. The molecule has 0 saturated heterocycles. The van der Waals surface area contributed by atoms with Crippen LogP contribution in [0.5, 0.6) is 0 Å². The summed E-state index contributed by atoms with van der Waals surface area (Å²) in [4.78, 5) is 10.3. The third-order valence-corrected chi connectivity index (χ3v) is 3.29. The molecule has 0 aliphatic carbocycles. The molecule has 26 heavy (non-hydrogen) atoms. The molecule has 4 nitrogen and oxygen atoms in total. The molecule has 0 spiro atoms. The third-order valence-electron chi connectivity index (χ3n) is 3.29. The van der Waals surface area contributed by atoms with Crippen molar-refractivity contribution < 1.29 is 20.1 Å². The normalized spacial score (nSPS) is 15.5. The number of carboxylic acids is 1. The smallest absolute Gasteiger partial charge is 0.303 e. The Labute approximate surface area is 157 Å². The molecule has 2 atom stereocenters. The number of aliphatic hydroxyl groups is 2. The summed E-state index contributed by atoms with van der Waals surface area (Å²) >= 11 is 0. The minimum Gasteiger partial charge on any atom is -0.481 e. The van der Waals surface area contributed by atoms with Crippen LogP contribution < -0.4 is 0 Å². The summed E-state index contributed by atoms with van der Waals surface area (Å²) < 4.78 is 0. The van der Waals surface area contributed by atoms with Crippen LogP contribution in [0.15, 0.2) is 72.9 Å². The SMILES string of the molecule is CC/C=C\C[C@@H](O)/C=C/C=C\C=C\[C@@H](O)C/C=C\C/C=C\CCC(=O)O. The van der Waals surface area contributed by atoms with E-state index in [0.29, 0.717) is 19.3 Å². The summed E-state index contributed by atoms with van der Waals surface area (Å²) in [6.07, 6.45) is 24.8. The van der Waals surface area contributed by atoms with E-state index in [4.69, 9.17) is 5.11 Å². The molecule has 0 radical (unpaired) electrons. The maximum atomic E-state index is 10.3. The van der Waals surface area contributed by atoms with Gasteiger partial charge in [0, 0.05) is 6.42 Å². The Hall–Kier alpha value is -2.17. The van der Waals surface area contributed by atoms with Crippen LogP contribution in [0.2, 0.25) is 0 Å². The van der Waals surface area contributed by atoms with E-state index in [9.17, 15) is 15.0 Å². The quantitative estimate of drug-likeness (QED) is 0.315. The lowest BCUT2D eigenvalue weighted by atomic mass is 10.2. The van der Waals surface area contributed by atoms with Crippen molar-refractivity contribution >= 4 is 5.97 Å². The van der Waals surface area contributed by atoms with Crippen molar-refractivity contribution in [1.82, 2.24) is 0 Å². The first-order valence-corrected chi connectivity index (χ1v) is 9.10. The molecule has 0 aromatic heterocycles. The third kappa shape index (κ3) is 18.2. The molecular weight excluding hydrogens is 328 g/mol. The molecule has 0 aliphatic heterocycles. The molecule has 0 bridgehead atoms. The first kappa shape index (κ1) is 23.8. The molecule has 0 unspecified atom stereocenters. The van der Waals surface area contributed by atoms with E-state index < -0.39 is 18.2 Å². The van der Waals surface area contributed by atoms with E-state index in [1.165, 1.54) is 0 Å². The van der Waals surface area contributed by atoms with Crippen molar-refractivity contribution in [1.29, 1.82) is 0 Å². The number of carbonyl (C=O) groups is 1. The van der Waals surface area contributed by atoms with Crippen LogP contribution in [0.3, 0.4) is 0 Å². The van der Waals surface area contributed by atoms with Gasteiger partial charge in [0.05, 0.1) is 12.2 Å². The number of aliphatic hydroxyl groups excluding tert-OH is 2. The minimum absolute atomic E-state index is 0.154. The van der Waals surface area contributed by atoms with Crippen LogP contribution in [0, 0.1) is 0 Å². The summed E-state index contributed by atoms with van der Waals surface area (Å²) in [5.74, 6) is -0.787. The van der Waals surface area contributed by atoms with Crippen molar-refractivity contribution in [2.75, 3.05) is 0 Å². The van der Waals surface area contributed by atoms with Gasteiger partial charge in [-0.25, -0.2) is 0 Å². The molecule has 0 heterocycles. The second-order valence-corrected chi connectivity index (χ2v) is 5.75. The highest BCUT2D eigenvalue weighted by atomic mass is 16.4. The van der Waals surface area contributed by atoms with Gasteiger partial charge in [0.15, 0.2) is 0 Å². The number of hydrogen-bond acceptors (Lipinski definition) is 3. The van der Waals surface area contributed by atoms with Crippen molar-refractivity contribution in [2.45, 2.75) is 57.7 Å². The average Bonchev–Trinajstić information content (AvgIpc) is 2.60. The van der Waals surface area contributed by atoms with E-state index in [-0.39, 0.29) is 6.42 Å². The van der Waals surface area contributed by atoms with Gasteiger partial charge in [0.2, 0.25) is 0 Å². The van der Waals surface area contributed by atoms with Gasteiger partial charge in [-0.3, -0.25) is 4.79 Å². The van der Waals surface area contributed by atoms with Crippen molar-refractivity contribution in [3.63, 3.8) is 0 Å². The van der Waals surface area contributed by atoms with E-state index in [2.05, 4.69) is 6.92 Å². The Morgan fingerprint density at radius 3 is 1.88 bits per heavy atom. The first-order valence-electron chi connectivity index (χ1n) is 9.10. The largest absolute Gasteiger partial charge is 0.481 e. The second kappa shape index (κ2) is 17.6. The number of aliphatic carboxylic acids is 1. The fraction of sp³-hybridized carbons (Fsp3) is 0.409. The molecule has 0 rings (SSSR count). The molecule has 144 valence electrons. The zero-order valence-electron chi connectivity index (χ0n) is 15.6. The van der Waals surface area contributed by atoms with Crippen LogP contribution in [-0.4, -0.2) is 33.5 Å². The van der Waals surface area contributed by atoms with Gasteiger partial charge in [-0.05, 0) is 32.1 Å². The lowest BCUT2D eigenvalue weighted by molar-refractivity contribution is -0.136. The summed E-state index contributed by atoms with van der Waals surface area (Å²) in [5, 5.41) is 28.0. The van der Waals surface area contributed by atoms with E-state index in [1.807, 2.05) is 48.6 Å². The van der Waals surface area contributed by atoms with Gasteiger partial charge in [0.1, 0.15) is 0 Å². The Bertz CT molecular complexity index is 524. The number of allylic oxidation sites excluding steroid dienone is 8. The van der Waals surface area contributed by atoms with Crippen molar-refractivity contribution in [2.24, 2.45) is 0 Å². The van der Waals surface area contributed by atoms with Gasteiger partial charge in [-0.1, -0.05) is 79.8 Å². The molecule has 0 amide bonds. The highest BCUT2D eigenvalue weighted by Gasteiger charge is 1.94. The van der Waals surface area contributed by atoms with Gasteiger partial charge >= 0.3 is 5.97 Å². The van der Waals surface area contributed by atoms with Crippen molar-refractivity contribution in [3.05, 3.63) is 72.9 Å². The van der Waals surface area contributed by atoms with Crippen molar-refractivity contribution in [3.8, 4) is 0 Å². The lowest BCUT2D eigenvalue weighted by Crippen LogP contribution is -1.98. The van der Waals surface area contributed by atoms with Crippen LogP contribution in [-0.2, 0) is 4.79 Å². The number of rotatable bonds is 14. The predicted octanol–water partition coefficient (Wildman–Crippen LogP) is 4.49. The fourth-order valence-corrected chi connectivity index (χ4v) is 1.90. The summed E-state index contributed by atoms with van der Waals surface area (Å²) in [6.45, 7) is 2.06. The minimum atomic E-state index is -0.787. The maximum Gasteiger partial charge on any atom is 0.303 e. The molecule has 0 saturated carbocycles. The molecular formula is C22H32O4. The second-order valence-electron chi connectivity index (χ2n) is 5.75. The Morgan fingerprint density at radius 2 is 1.35 bits per heavy atom. The van der Waals surface area contributed by atoms with E-state index >= 15 is 0 Å². The Kier molecular flexibility index (Phi) is 16.2. The highest BCUT2D eigenvalue weighted by molar-refractivity contribution is 5.66. The molecule has 0 aliphatic rings. The first-order chi connectivity index (χ1) is 12.6. The van der Waals surface area contributed by atoms with Crippen LogP contribution in [0.1, 0.15) is 45.4 Å². The predicted molar refractivity (Wildman–Crippen MR) is 108 cm³/mol. The van der Waals surface area contributed by atoms with E-state index in [1.54, 1.807) is 24.3 Å². The summed E-state index contributed by atoms with van der Waals surface area (Å²) in [6, 6.07) is 0. The standard InChI is InChI=1S/C22H32O4/c1-2-3-10-15-20(23)17-12-8-9-13-18-21(24)16-11-6-4-5-7-14-19-22(25)26/h3,5-13,17-18,20-21,23-24H,2,4,14-16,19H2,1H3,(H,25,26)/b7-5-,9-8-,10-3-,11-6-,17-12+,18-13+/t20-,21+/m1/s1. The fourth-order valence-electron chi connectivity index (χ4n) is 1.90. The van der Waals surface area contributed by atoms with Gasteiger partial charge < -0.3 is 15.3 Å². The van der Waals surface area contributed by atoms with Gasteiger partial charge in [0.25, 0.3) is 0 Å². The van der Waals surface area contributed by atoms with Crippen LogP contribution in [0.4, 0.5) is 0 Å². The van der Waals surface area contributed by atoms with Crippen LogP contribution in [0.25, 0.3) is 0 Å². The van der Waals surface area contributed by atoms with E-state index in [0.717, 1.165) is 12.8 Å². The zero-order valence-corrected chi connectivity index (χ0v) is 15.6. The molecule has 0 aromatic carbocycles. The zero-order chi connectivity index (χ0) is 19.5. The van der Waals surface area contributed by atoms with Gasteiger partial charge in [-0.2, -0.15) is 0 Å². The summed E-state index contributed by atoms with van der Waals surface area (Å²) in [5.41, 5.74) is 0. The number of hydrogen-bond donors (Lipinski definition) is 3. The highest BCUT2D eigenvalue weighted by Crippen LogP contribution is 2.00. The van der Waals surface area contributed by atoms with Crippen LogP contribution >= 0.6 is 0 Å². The maximum absolute atomic E-state index is 10.3. The molecule has 3 N–H and O–H groups in total. The Morgan fingerprint density at radius 1 is 0.808 bits per heavy atom. The molecule has 0 aromatic rings. The average molecular weight is 360 g/mol. The molecule has 0 fully saturated rings. The Balaban J connectivity index is 3.87. The summed E-state index contributed by atoms with van der Waals surface area (Å²) in [7, 11) is 0. The monoisotopic (exact) mass is 360 g/mol.